The summed E-state index contributed by atoms with van der Waals surface area (Å²) in [6, 6.07) is 2.82. The van der Waals surface area contributed by atoms with Crippen molar-refractivity contribution in [2.24, 2.45) is 0 Å². The fourth-order valence-corrected chi connectivity index (χ4v) is 1.36. The standard InChI is InChI=1S/C8H6ClFO2S/c9-7-4(3-6(11)12)1-2-5(13)8(7)10/h1-2,13H,3H2,(H,11,12). The fourth-order valence-electron chi connectivity index (χ4n) is 0.879. The number of carboxylic acid groups (broad SMARTS) is 1. The van der Waals surface area contributed by atoms with E-state index in [0.717, 1.165) is 0 Å². The topological polar surface area (TPSA) is 37.3 Å². The van der Waals surface area contributed by atoms with Gasteiger partial charge in [0, 0.05) is 4.90 Å². The molecule has 1 aromatic rings. The molecule has 1 N–H and O–H groups in total. The molecule has 0 amide bonds. The van der Waals surface area contributed by atoms with Crippen LogP contribution >= 0.6 is 24.2 Å². The van der Waals surface area contributed by atoms with Crippen LogP contribution in [0.4, 0.5) is 4.39 Å². The van der Waals surface area contributed by atoms with Crippen LogP contribution in [0.25, 0.3) is 0 Å². The first kappa shape index (κ1) is 10.3. The van der Waals surface area contributed by atoms with Gasteiger partial charge in [0.2, 0.25) is 0 Å². The van der Waals surface area contributed by atoms with Gasteiger partial charge in [0.1, 0.15) is 0 Å². The van der Waals surface area contributed by atoms with Crippen LogP contribution in [-0.4, -0.2) is 11.1 Å². The van der Waals surface area contributed by atoms with Gasteiger partial charge in [-0.05, 0) is 11.6 Å². The number of hydrogen-bond donors (Lipinski definition) is 2. The van der Waals surface area contributed by atoms with E-state index >= 15 is 0 Å². The van der Waals surface area contributed by atoms with Crippen LogP contribution in [0, 0.1) is 5.82 Å². The van der Waals surface area contributed by atoms with E-state index in [9.17, 15) is 9.18 Å². The Balaban J connectivity index is 3.10. The zero-order valence-corrected chi connectivity index (χ0v) is 8.07. The van der Waals surface area contributed by atoms with Crippen molar-refractivity contribution >= 4 is 30.2 Å². The zero-order chi connectivity index (χ0) is 10.0. The van der Waals surface area contributed by atoms with Crippen LogP contribution in [0.3, 0.4) is 0 Å². The van der Waals surface area contributed by atoms with Gasteiger partial charge in [-0.3, -0.25) is 4.79 Å². The normalized spacial score (nSPS) is 10.1. The Hall–Kier alpha value is -0.740. The van der Waals surface area contributed by atoms with Crippen molar-refractivity contribution in [2.75, 3.05) is 0 Å². The lowest BCUT2D eigenvalue weighted by molar-refractivity contribution is -0.136. The summed E-state index contributed by atoms with van der Waals surface area (Å²) < 4.78 is 13.0. The molecule has 0 saturated carbocycles. The van der Waals surface area contributed by atoms with E-state index in [-0.39, 0.29) is 21.9 Å². The van der Waals surface area contributed by atoms with E-state index < -0.39 is 11.8 Å². The summed E-state index contributed by atoms with van der Waals surface area (Å²) in [5, 5.41) is 8.28. The van der Waals surface area contributed by atoms with Gasteiger partial charge in [0.25, 0.3) is 0 Å². The first-order valence-electron chi connectivity index (χ1n) is 3.40. The van der Waals surface area contributed by atoms with Gasteiger partial charge in [-0.25, -0.2) is 4.39 Å². The maximum absolute atomic E-state index is 13.0. The molecule has 70 valence electrons. The quantitative estimate of drug-likeness (QED) is 0.751. The van der Waals surface area contributed by atoms with Gasteiger partial charge in [-0.2, -0.15) is 0 Å². The third kappa shape index (κ3) is 2.35. The third-order valence-electron chi connectivity index (χ3n) is 1.48. The fraction of sp³-hybridized carbons (Fsp3) is 0.125. The molecule has 13 heavy (non-hydrogen) atoms. The minimum absolute atomic E-state index is 0.110. The minimum Gasteiger partial charge on any atom is -0.481 e. The molecule has 0 saturated heterocycles. The molecular formula is C8H6ClFO2S. The average molecular weight is 221 g/mol. The van der Waals surface area contributed by atoms with Crippen molar-refractivity contribution in [1.29, 1.82) is 0 Å². The molecule has 1 rings (SSSR count). The summed E-state index contributed by atoms with van der Waals surface area (Å²) in [6.45, 7) is 0. The van der Waals surface area contributed by atoms with Gasteiger partial charge in [-0.1, -0.05) is 17.7 Å². The summed E-state index contributed by atoms with van der Waals surface area (Å²) in [6.07, 6.45) is -0.288. The Morgan fingerprint density at radius 2 is 2.23 bits per heavy atom. The number of aliphatic carboxylic acids is 1. The highest BCUT2D eigenvalue weighted by molar-refractivity contribution is 7.80. The number of thiol groups is 1. The van der Waals surface area contributed by atoms with Crippen LogP contribution in [0.15, 0.2) is 17.0 Å². The molecule has 0 aromatic heterocycles. The summed E-state index contributed by atoms with van der Waals surface area (Å²) >= 11 is 9.35. The summed E-state index contributed by atoms with van der Waals surface area (Å²) in [4.78, 5) is 10.4. The second-order valence-corrected chi connectivity index (χ2v) is 3.30. The summed E-state index contributed by atoms with van der Waals surface area (Å²) in [5.41, 5.74) is 0.254. The monoisotopic (exact) mass is 220 g/mol. The molecule has 0 aliphatic carbocycles. The van der Waals surface area contributed by atoms with E-state index in [1.807, 2.05) is 0 Å². The molecule has 0 heterocycles. The first-order valence-corrected chi connectivity index (χ1v) is 4.22. The highest BCUT2D eigenvalue weighted by Crippen LogP contribution is 2.25. The van der Waals surface area contributed by atoms with Crippen LogP contribution in [-0.2, 0) is 11.2 Å². The minimum atomic E-state index is -1.05. The second kappa shape index (κ2) is 3.98. The van der Waals surface area contributed by atoms with E-state index in [2.05, 4.69) is 12.6 Å². The van der Waals surface area contributed by atoms with Crippen molar-refractivity contribution in [2.45, 2.75) is 11.3 Å². The van der Waals surface area contributed by atoms with Crippen molar-refractivity contribution in [1.82, 2.24) is 0 Å². The van der Waals surface area contributed by atoms with Gasteiger partial charge in [-0.15, -0.1) is 12.6 Å². The number of rotatable bonds is 2. The maximum atomic E-state index is 13.0. The number of hydrogen-bond acceptors (Lipinski definition) is 2. The van der Waals surface area contributed by atoms with Gasteiger partial charge < -0.3 is 5.11 Å². The molecule has 0 atom stereocenters. The van der Waals surface area contributed by atoms with E-state index in [4.69, 9.17) is 16.7 Å². The summed E-state index contributed by atoms with van der Waals surface area (Å²) in [5.74, 6) is -1.73. The van der Waals surface area contributed by atoms with Crippen LogP contribution in [0.5, 0.6) is 0 Å². The molecule has 0 bridgehead atoms. The first-order chi connectivity index (χ1) is 6.02. The van der Waals surface area contributed by atoms with Gasteiger partial charge in [0.15, 0.2) is 5.82 Å². The van der Waals surface area contributed by atoms with Crippen molar-refractivity contribution in [3.8, 4) is 0 Å². The number of carbonyl (C=O) groups is 1. The SMILES string of the molecule is O=C(O)Cc1ccc(S)c(F)c1Cl. The Morgan fingerprint density at radius 3 is 2.77 bits per heavy atom. The Morgan fingerprint density at radius 1 is 1.62 bits per heavy atom. The molecule has 0 spiro atoms. The van der Waals surface area contributed by atoms with E-state index in [0.29, 0.717) is 0 Å². The van der Waals surface area contributed by atoms with Crippen LogP contribution in [0.2, 0.25) is 5.02 Å². The van der Waals surface area contributed by atoms with Crippen molar-refractivity contribution < 1.29 is 14.3 Å². The third-order valence-corrected chi connectivity index (χ3v) is 2.24. The lowest BCUT2D eigenvalue weighted by Crippen LogP contribution is -2.01. The number of benzene rings is 1. The smallest absolute Gasteiger partial charge is 0.307 e. The van der Waals surface area contributed by atoms with Crippen molar-refractivity contribution in [3.05, 3.63) is 28.5 Å². The Bertz CT molecular complexity index is 354. The molecule has 0 aliphatic rings. The molecular weight excluding hydrogens is 215 g/mol. The van der Waals surface area contributed by atoms with Crippen LogP contribution in [0.1, 0.15) is 5.56 Å². The average Bonchev–Trinajstić information content (AvgIpc) is 2.06. The highest BCUT2D eigenvalue weighted by Gasteiger charge is 2.11. The van der Waals surface area contributed by atoms with Crippen LogP contribution < -0.4 is 0 Å². The molecule has 1 aromatic carbocycles. The Labute approximate surface area is 84.7 Å². The summed E-state index contributed by atoms with van der Waals surface area (Å²) in [7, 11) is 0. The van der Waals surface area contributed by atoms with Gasteiger partial charge in [0.05, 0.1) is 11.4 Å². The molecule has 2 nitrogen and oxygen atoms in total. The lowest BCUT2D eigenvalue weighted by atomic mass is 10.1. The van der Waals surface area contributed by atoms with E-state index in [1.54, 1.807) is 0 Å². The predicted molar refractivity (Wildman–Crippen MR) is 50.0 cm³/mol. The zero-order valence-electron chi connectivity index (χ0n) is 6.42. The molecule has 5 heteroatoms. The van der Waals surface area contributed by atoms with E-state index in [1.165, 1.54) is 12.1 Å². The number of halogens is 2. The lowest BCUT2D eigenvalue weighted by Gasteiger charge is -2.03. The molecule has 0 radical (unpaired) electrons. The largest absolute Gasteiger partial charge is 0.481 e. The molecule has 0 aliphatic heterocycles. The molecule has 0 fully saturated rings. The second-order valence-electron chi connectivity index (χ2n) is 2.44. The number of carboxylic acids is 1. The maximum Gasteiger partial charge on any atom is 0.307 e. The highest BCUT2D eigenvalue weighted by atomic mass is 35.5. The molecule has 0 unspecified atom stereocenters. The Kier molecular flexibility index (Phi) is 3.17. The predicted octanol–water partition coefficient (Wildman–Crippen LogP) is 2.39. The van der Waals surface area contributed by atoms with Crippen molar-refractivity contribution in [3.63, 3.8) is 0 Å². The van der Waals surface area contributed by atoms with Gasteiger partial charge >= 0.3 is 5.97 Å².